The molecule has 1 N–H and O–H groups in total. The monoisotopic (exact) mass is 206 g/mol. The van der Waals surface area contributed by atoms with Crippen LogP contribution in [0, 0.1) is 5.82 Å². The minimum atomic E-state index is -0.181. The zero-order valence-corrected chi connectivity index (χ0v) is 8.67. The molecule has 15 heavy (non-hydrogen) atoms. The fraction of sp³-hybridized carbons (Fsp3) is 0.417. The molecule has 0 aliphatic carbocycles. The van der Waals surface area contributed by atoms with Crippen LogP contribution in [0.5, 0.6) is 0 Å². The molecule has 0 saturated carbocycles. The molecule has 0 radical (unpaired) electrons. The number of rotatable bonds is 2. The van der Waals surface area contributed by atoms with Gasteiger partial charge in [-0.05, 0) is 30.5 Å². The van der Waals surface area contributed by atoms with Crippen LogP contribution >= 0.6 is 0 Å². The molecule has 1 aliphatic rings. The molecule has 0 atom stereocenters. The van der Waals surface area contributed by atoms with E-state index in [9.17, 15) is 4.39 Å². The first-order valence-corrected chi connectivity index (χ1v) is 5.36. The summed E-state index contributed by atoms with van der Waals surface area (Å²) in [6, 6.07) is 6.66. The Morgan fingerprint density at radius 1 is 1.33 bits per heavy atom. The van der Waals surface area contributed by atoms with Gasteiger partial charge >= 0.3 is 0 Å². The molecule has 2 rings (SSSR count). The lowest BCUT2D eigenvalue weighted by molar-refractivity contribution is 0.624. The largest absolute Gasteiger partial charge is 0.370 e. The van der Waals surface area contributed by atoms with E-state index in [-0.39, 0.29) is 5.82 Å². The van der Waals surface area contributed by atoms with Gasteiger partial charge in [0.05, 0.1) is 5.84 Å². The van der Waals surface area contributed by atoms with Crippen LogP contribution in [-0.4, -0.2) is 12.4 Å². The summed E-state index contributed by atoms with van der Waals surface area (Å²) in [7, 11) is 0. The summed E-state index contributed by atoms with van der Waals surface area (Å²) in [5.74, 6) is 0.880. The van der Waals surface area contributed by atoms with Gasteiger partial charge in [-0.3, -0.25) is 4.99 Å². The average molecular weight is 206 g/mol. The average Bonchev–Trinajstić information content (AvgIpc) is 2.28. The summed E-state index contributed by atoms with van der Waals surface area (Å²) in [4.78, 5) is 4.38. The van der Waals surface area contributed by atoms with Gasteiger partial charge < -0.3 is 5.32 Å². The normalized spacial score (nSPS) is 15.9. The van der Waals surface area contributed by atoms with E-state index in [4.69, 9.17) is 0 Å². The number of amidine groups is 1. The molecule has 1 aromatic carbocycles. The van der Waals surface area contributed by atoms with Crippen LogP contribution in [0.15, 0.2) is 29.3 Å². The summed E-state index contributed by atoms with van der Waals surface area (Å²) in [6.45, 7) is 1.59. The van der Waals surface area contributed by atoms with E-state index in [0.29, 0.717) is 6.54 Å². The first kappa shape index (κ1) is 10.1. The van der Waals surface area contributed by atoms with Crippen molar-refractivity contribution in [1.29, 1.82) is 0 Å². The molecule has 1 aliphatic heterocycles. The van der Waals surface area contributed by atoms with Gasteiger partial charge in [-0.15, -0.1) is 0 Å². The standard InChI is InChI=1S/C12H15FN2/c13-11-5-3-4-10(8-11)9-15-12-6-1-2-7-14-12/h3-5,8H,1-2,6-7,9H2,(H,14,15). The molecule has 3 heteroatoms. The molecule has 0 saturated heterocycles. The smallest absolute Gasteiger partial charge is 0.123 e. The highest BCUT2D eigenvalue weighted by molar-refractivity contribution is 5.82. The van der Waals surface area contributed by atoms with Gasteiger partial charge in [0.15, 0.2) is 0 Å². The zero-order chi connectivity index (χ0) is 10.5. The van der Waals surface area contributed by atoms with Crippen molar-refractivity contribution in [3.05, 3.63) is 35.6 Å². The lowest BCUT2D eigenvalue weighted by atomic mass is 10.1. The topological polar surface area (TPSA) is 24.4 Å². The zero-order valence-electron chi connectivity index (χ0n) is 8.67. The first-order chi connectivity index (χ1) is 7.34. The predicted octanol–water partition coefficient (Wildman–Crippen LogP) is 2.50. The maximum atomic E-state index is 12.9. The number of halogens is 1. The van der Waals surface area contributed by atoms with Crippen LogP contribution < -0.4 is 5.32 Å². The Bertz CT molecular complexity index is 360. The highest BCUT2D eigenvalue weighted by Crippen LogP contribution is 2.06. The second kappa shape index (κ2) is 4.91. The van der Waals surface area contributed by atoms with Crippen molar-refractivity contribution in [3.63, 3.8) is 0 Å². The van der Waals surface area contributed by atoms with Crippen molar-refractivity contribution in [2.75, 3.05) is 6.54 Å². The second-order valence-electron chi connectivity index (χ2n) is 3.77. The molecule has 0 spiro atoms. The summed E-state index contributed by atoms with van der Waals surface area (Å²) in [5.41, 5.74) is 0.961. The fourth-order valence-corrected chi connectivity index (χ4v) is 1.69. The van der Waals surface area contributed by atoms with Gasteiger partial charge in [-0.1, -0.05) is 12.1 Å². The Hall–Kier alpha value is -1.38. The van der Waals surface area contributed by atoms with E-state index >= 15 is 0 Å². The SMILES string of the molecule is Fc1cccc(CNC2=NCCCC2)c1. The number of nitrogens with zero attached hydrogens (tertiary/aromatic N) is 1. The Balaban J connectivity index is 1.90. The van der Waals surface area contributed by atoms with Gasteiger partial charge in [0.25, 0.3) is 0 Å². The Kier molecular flexibility index (Phi) is 3.33. The van der Waals surface area contributed by atoms with E-state index in [1.54, 1.807) is 12.1 Å². The van der Waals surface area contributed by atoms with Gasteiger partial charge in [-0.2, -0.15) is 0 Å². The van der Waals surface area contributed by atoms with E-state index in [1.807, 2.05) is 6.07 Å². The highest BCUT2D eigenvalue weighted by atomic mass is 19.1. The van der Waals surface area contributed by atoms with Crippen LogP contribution in [0.3, 0.4) is 0 Å². The van der Waals surface area contributed by atoms with E-state index in [0.717, 1.165) is 24.4 Å². The third-order valence-electron chi connectivity index (χ3n) is 2.51. The van der Waals surface area contributed by atoms with Crippen molar-refractivity contribution in [1.82, 2.24) is 5.32 Å². The first-order valence-electron chi connectivity index (χ1n) is 5.36. The molecule has 80 valence electrons. The van der Waals surface area contributed by atoms with Crippen LogP contribution in [0.1, 0.15) is 24.8 Å². The number of hydrogen-bond acceptors (Lipinski definition) is 2. The Morgan fingerprint density at radius 2 is 2.27 bits per heavy atom. The predicted molar refractivity (Wildman–Crippen MR) is 59.4 cm³/mol. The molecule has 1 aromatic rings. The van der Waals surface area contributed by atoms with E-state index < -0.39 is 0 Å². The van der Waals surface area contributed by atoms with Gasteiger partial charge in [0.2, 0.25) is 0 Å². The minimum Gasteiger partial charge on any atom is -0.370 e. The van der Waals surface area contributed by atoms with E-state index in [1.165, 1.54) is 18.9 Å². The number of aliphatic imine (C=N–C) groups is 1. The summed E-state index contributed by atoms with van der Waals surface area (Å²) in [6.07, 6.45) is 3.41. The van der Waals surface area contributed by atoms with E-state index in [2.05, 4.69) is 10.3 Å². The Labute approximate surface area is 89.2 Å². The van der Waals surface area contributed by atoms with Crippen LogP contribution in [-0.2, 0) is 6.54 Å². The van der Waals surface area contributed by atoms with Crippen LogP contribution in [0.25, 0.3) is 0 Å². The molecule has 0 amide bonds. The molecule has 1 heterocycles. The second-order valence-corrected chi connectivity index (χ2v) is 3.77. The van der Waals surface area contributed by atoms with Gasteiger partial charge in [-0.25, -0.2) is 4.39 Å². The molecule has 2 nitrogen and oxygen atoms in total. The quantitative estimate of drug-likeness (QED) is 0.790. The Morgan fingerprint density at radius 3 is 3.00 bits per heavy atom. The number of benzene rings is 1. The van der Waals surface area contributed by atoms with Gasteiger partial charge in [0.1, 0.15) is 5.82 Å². The van der Waals surface area contributed by atoms with Crippen molar-refractivity contribution in [2.45, 2.75) is 25.8 Å². The van der Waals surface area contributed by atoms with Crippen molar-refractivity contribution >= 4 is 5.84 Å². The minimum absolute atomic E-state index is 0.181. The third kappa shape index (κ3) is 3.05. The maximum Gasteiger partial charge on any atom is 0.123 e. The lowest BCUT2D eigenvalue weighted by Gasteiger charge is -2.13. The third-order valence-corrected chi connectivity index (χ3v) is 2.51. The summed E-state index contributed by atoms with van der Waals surface area (Å²) in [5, 5.41) is 3.25. The molecule has 0 fully saturated rings. The fourth-order valence-electron chi connectivity index (χ4n) is 1.69. The van der Waals surface area contributed by atoms with Crippen molar-refractivity contribution in [3.8, 4) is 0 Å². The molecule has 0 aromatic heterocycles. The number of hydrogen-bond donors (Lipinski definition) is 1. The van der Waals surface area contributed by atoms with Crippen molar-refractivity contribution in [2.24, 2.45) is 4.99 Å². The summed E-state index contributed by atoms with van der Waals surface area (Å²) >= 11 is 0. The van der Waals surface area contributed by atoms with Crippen molar-refractivity contribution < 1.29 is 4.39 Å². The maximum absolute atomic E-state index is 12.9. The number of nitrogens with one attached hydrogen (secondary N) is 1. The molecule has 0 bridgehead atoms. The summed E-state index contributed by atoms with van der Waals surface area (Å²) < 4.78 is 12.9. The highest BCUT2D eigenvalue weighted by Gasteiger charge is 2.04. The molecule has 0 unspecified atom stereocenters. The van der Waals surface area contributed by atoms with Gasteiger partial charge in [0, 0.05) is 19.5 Å². The lowest BCUT2D eigenvalue weighted by Crippen LogP contribution is -2.25. The molecular weight excluding hydrogens is 191 g/mol. The molecular formula is C12H15FN2. The van der Waals surface area contributed by atoms with Crippen LogP contribution in [0.4, 0.5) is 4.39 Å². The van der Waals surface area contributed by atoms with Crippen LogP contribution in [0.2, 0.25) is 0 Å².